The highest BCUT2D eigenvalue weighted by atomic mass is 19.4. The maximum absolute atomic E-state index is 12.5. The number of ether oxygens (including phenoxy) is 1. The van der Waals surface area contributed by atoms with Crippen LogP contribution in [-0.2, 0) is 15.7 Å². The van der Waals surface area contributed by atoms with Gasteiger partial charge in [-0.25, -0.2) is 0 Å². The first kappa shape index (κ1) is 17.7. The molecule has 1 saturated heterocycles. The smallest absolute Gasteiger partial charge is 0.373 e. The molecule has 0 unspecified atom stereocenters. The molecule has 2 rings (SSSR count). The van der Waals surface area contributed by atoms with E-state index in [0.717, 1.165) is 12.1 Å². The van der Waals surface area contributed by atoms with Crippen LogP contribution in [0.15, 0.2) is 24.3 Å². The third-order valence-electron chi connectivity index (χ3n) is 3.85. The van der Waals surface area contributed by atoms with Crippen molar-refractivity contribution in [2.45, 2.75) is 45.2 Å². The summed E-state index contributed by atoms with van der Waals surface area (Å²) in [5, 5.41) is 2.66. The molecule has 0 radical (unpaired) electrons. The van der Waals surface area contributed by atoms with E-state index in [1.54, 1.807) is 6.92 Å². The van der Waals surface area contributed by atoms with E-state index in [2.05, 4.69) is 5.32 Å². The van der Waals surface area contributed by atoms with E-state index in [4.69, 9.17) is 4.74 Å². The summed E-state index contributed by atoms with van der Waals surface area (Å²) >= 11 is 0. The monoisotopic (exact) mass is 330 g/mol. The number of hydrogen-bond acceptors (Lipinski definition) is 3. The van der Waals surface area contributed by atoms with Gasteiger partial charge in [0, 0.05) is 18.8 Å². The number of morpholine rings is 1. The first-order chi connectivity index (χ1) is 10.7. The minimum absolute atomic E-state index is 0.0417. The number of carbonyl (C=O) groups excluding carboxylic acids is 1. The van der Waals surface area contributed by atoms with Gasteiger partial charge in [0.1, 0.15) is 0 Å². The van der Waals surface area contributed by atoms with Gasteiger partial charge >= 0.3 is 6.18 Å². The second-order valence-corrected chi connectivity index (χ2v) is 5.95. The summed E-state index contributed by atoms with van der Waals surface area (Å²) in [5.41, 5.74) is -0.386. The SMILES string of the molecule is C[C@@H]1CN([C@H](C)C(=O)Nc2ccc(C(F)(F)F)cc2)C[C@@H](C)O1. The van der Waals surface area contributed by atoms with Crippen LogP contribution in [0.3, 0.4) is 0 Å². The van der Waals surface area contributed by atoms with Crippen molar-refractivity contribution in [3.63, 3.8) is 0 Å². The summed E-state index contributed by atoms with van der Waals surface area (Å²) in [6, 6.07) is 4.06. The average Bonchev–Trinajstić information content (AvgIpc) is 2.45. The van der Waals surface area contributed by atoms with Gasteiger partial charge in [-0.2, -0.15) is 13.2 Å². The normalized spacial score (nSPS) is 24.3. The lowest BCUT2D eigenvalue weighted by Gasteiger charge is -2.38. The van der Waals surface area contributed by atoms with Gasteiger partial charge in [-0.3, -0.25) is 9.69 Å². The van der Waals surface area contributed by atoms with E-state index in [0.29, 0.717) is 18.8 Å². The molecule has 4 nitrogen and oxygen atoms in total. The third kappa shape index (κ3) is 4.68. The van der Waals surface area contributed by atoms with Gasteiger partial charge in [-0.05, 0) is 45.0 Å². The fraction of sp³-hybridized carbons (Fsp3) is 0.562. The molecule has 0 aliphatic carbocycles. The standard InChI is InChI=1S/C16H21F3N2O2/c1-10-8-21(9-11(2)23-10)12(3)15(22)20-14-6-4-13(5-7-14)16(17,18)19/h4-7,10-12H,8-9H2,1-3H3,(H,20,22)/t10-,11-,12-/m1/s1. The summed E-state index contributed by atoms with van der Waals surface area (Å²) in [7, 11) is 0. The number of halogens is 3. The minimum Gasteiger partial charge on any atom is -0.373 e. The van der Waals surface area contributed by atoms with Crippen LogP contribution in [0.1, 0.15) is 26.3 Å². The predicted octanol–water partition coefficient (Wildman–Crippen LogP) is 3.14. The number of hydrogen-bond donors (Lipinski definition) is 1. The summed E-state index contributed by atoms with van der Waals surface area (Å²) < 4.78 is 43.2. The highest BCUT2D eigenvalue weighted by molar-refractivity contribution is 5.94. The highest BCUT2D eigenvalue weighted by Gasteiger charge is 2.31. The second kappa shape index (κ2) is 6.88. The number of amides is 1. The van der Waals surface area contributed by atoms with Gasteiger partial charge in [0.2, 0.25) is 5.91 Å². The Bertz CT molecular complexity index is 535. The third-order valence-corrected chi connectivity index (χ3v) is 3.85. The number of rotatable bonds is 3. The van der Waals surface area contributed by atoms with Crippen LogP contribution in [0.25, 0.3) is 0 Å². The van der Waals surface area contributed by atoms with Crippen LogP contribution in [0.4, 0.5) is 18.9 Å². The van der Waals surface area contributed by atoms with Gasteiger partial charge in [-0.1, -0.05) is 0 Å². The number of nitrogens with zero attached hydrogens (tertiary/aromatic N) is 1. The van der Waals surface area contributed by atoms with Crippen LogP contribution in [0.2, 0.25) is 0 Å². The van der Waals surface area contributed by atoms with Crippen LogP contribution >= 0.6 is 0 Å². The van der Waals surface area contributed by atoms with E-state index in [1.807, 2.05) is 18.7 Å². The molecule has 0 aromatic heterocycles. The zero-order valence-electron chi connectivity index (χ0n) is 13.4. The van der Waals surface area contributed by atoms with Crippen molar-refractivity contribution in [1.29, 1.82) is 0 Å². The second-order valence-electron chi connectivity index (χ2n) is 5.95. The number of anilines is 1. The molecule has 128 valence electrons. The molecule has 0 saturated carbocycles. The number of alkyl halides is 3. The lowest BCUT2D eigenvalue weighted by molar-refractivity contribution is -0.137. The molecule has 1 aliphatic rings. The Morgan fingerprint density at radius 3 is 2.22 bits per heavy atom. The highest BCUT2D eigenvalue weighted by Crippen LogP contribution is 2.29. The summed E-state index contributed by atoms with van der Waals surface area (Å²) in [6.07, 6.45) is -4.30. The zero-order valence-corrected chi connectivity index (χ0v) is 13.4. The van der Waals surface area contributed by atoms with E-state index in [1.165, 1.54) is 12.1 Å². The fourth-order valence-electron chi connectivity index (χ4n) is 2.69. The molecule has 7 heteroatoms. The quantitative estimate of drug-likeness (QED) is 0.926. The molecule has 3 atom stereocenters. The first-order valence-corrected chi connectivity index (χ1v) is 7.54. The largest absolute Gasteiger partial charge is 0.416 e. The van der Waals surface area contributed by atoms with Gasteiger partial charge in [0.15, 0.2) is 0 Å². The topological polar surface area (TPSA) is 41.6 Å². The molecule has 0 bridgehead atoms. The van der Waals surface area contributed by atoms with Crippen molar-refractivity contribution in [3.8, 4) is 0 Å². The number of nitrogens with one attached hydrogen (secondary N) is 1. The van der Waals surface area contributed by atoms with Crippen molar-refractivity contribution in [2.24, 2.45) is 0 Å². The van der Waals surface area contributed by atoms with Crippen molar-refractivity contribution in [1.82, 2.24) is 4.90 Å². The lowest BCUT2D eigenvalue weighted by atomic mass is 10.1. The van der Waals surface area contributed by atoms with Crippen molar-refractivity contribution in [3.05, 3.63) is 29.8 Å². The average molecular weight is 330 g/mol. The number of benzene rings is 1. The van der Waals surface area contributed by atoms with Crippen molar-refractivity contribution < 1.29 is 22.7 Å². The Balaban J connectivity index is 1.98. The fourth-order valence-corrected chi connectivity index (χ4v) is 2.69. The summed E-state index contributed by atoms with van der Waals surface area (Å²) in [4.78, 5) is 14.3. The maximum atomic E-state index is 12.5. The van der Waals surface area contributed by atoms with Crippen LogP contribution in [0, 0.1) is 0 Å². The molecule has 23 heavy (non-hydrogen) atoms. The molecule has 1 N–H and O–H groups in total. The number of carbonyl (C=O) groups is 1. The minimum atomic E-state index is -4.38. The van der Waals surface area contributed by atoms with Gasteiger partial charge < -0.3 is 10.1 Å². The summed E-state index contributed by atoms with van der Waals surface area (Å²) in [5.74, 6) is -0.244. The van der Waals surface area contributed by atoms with E-state index in [9.17, 15) is 18.0 Å². The lowest BCUT2D eigenvalue weighted by Crippen LogP contribution is -2.52. The summed E-state index contributed by atoms with van der Waals surface area (Å²) in [6.45, 7) is 6.97. The molecule has 1 heterocycles. The van der Waals surface area contributed by atoms with E-state index < -0.39 is 11.7 Å². The molecule has 0 spiro atoms. The van der Waals surface area contributed by atoms with Crippen molar-refractivity contribution in [2.75, 3.05) is 18.4 Å². The van der Waals surface area contributed by atoms with E-state index >= 15 is 0 Å². The molecular formula is C16H21F3N2O2. The molecule has 1 aromatic carbocycles. The van der Waals surface area contributed by atoms with Crippen LogP contribution < -0.4 is 5.32 Å². The molecular weight excluding hydrogens is 309 g/mol. The molecule has 1 aromatic rings. The first-order valence-electron chi connectivity index (χ1n) is 7.54. The Morgan fingerprint density at radius 2 is 1.74 bits per heavy atom. The Morgan fingerprint density at radius 1 is 1.22 bits per heavy atom. The molecule has 1 aliphatic heterocycles. The Hall–Kier alpha value is -1.60. The van der Waals surface area contributed by atoms with Crippen LogP contribution in [0.5, 0.6) is 0 Å². The molecule has 1 fully saturated rings. The molecule has 1 amide bonds. The maximum Gasteiger partial charge on any atom is 0.416 e. The van der Waals surface area contributed by atoms with Crippen molar-refractivity contribution >= 4 is 11.6 Å². The van der Waals surface area contributed by atoms with E-state index in [-0.39, 0.29) is 24.2 Å². The van der Waals surface area contributed by atoms with Gasteiger partial charge in [0.25, 0.3) is 0 Å². The zero-order chi connectivity index (χ0) is 17.2. The van der Waals surface area contributed by atoms with Crippen LogP contribution in [-0.4, -0.2) is 42.1 Å². The Kier molecular flexibility index (Phi) is 5.31. The van der Waals surface area contributed by atoms with Gasteiger partial charge in [-0.15, -0.1) is 0 Å². The van der Waals surface area contributed by atoms with Gasteiger partial charge in [0.05, 0.1) is 23.8 Å². The predicted molar refractivity (Wildman–Crippen MR) is 81.1 cm³/mol. The Labute approximate surface area is 133 Å².